The van der Waals surface area contributed by atoms with Crippen LogP contribution in [0.25, 0.3) is 0 Å². The van der Waals surface area contributed by atoms with E-state index in [-0.39, 0.29) is 23.6 Å². The second kappa shape index (κ2) is 9.58. The van der Waals surface area contributed by atoms with Crippen LogP contribution in [0.5, 0.6) is 0 Å². The van der Waals surface area contributed by atoms with Crippen LogP contribution >= 0.6 is 11.8 Å². The van der Waals surface area contributed by atoms with Gasteiger partial charge in [-0.3, -0.25) is 14.5 Å². The molecule has 166 valence electrons. The lowest BCUT2D eigenvalue weighted by Gasteiger charge is -2.48. The highest BCUT2D eigenvalue weighted by molar-refractivity contribution is 8.00. The molecule has 2 aromatic rings. The Morgan fingerprint density at radius 1 is 1.06 bits per heavy atom. The van der Waals surface area contributed by atoms with Crippen LogP contribution in [0, 0.1) is 0 Å². The number of nitrogens with zero attached hydrogens (tertiary/aromatic N) is 1. The number of amides is 1. The Morgan fingerprint density at radius 2 is 1.66 bits per heavy atom. The van der Waals surface area contributed by atoms with Gasteiger partial charge in [0.1, 0.15) is 17.7 Å². The summed E-state index contributed by atoms with van der Waals surface area (Å²) >= 11 is 1.47. The number of benzene rings is 2. The van der Waals surface area contributed by atoms with E-state index in [1.54, 1.807) is 0 Å². The van der Waals surface area contributed by atoms with Crippen molar-refractivity contribution in [2.75, 3.05) is 19.5 Å². The molecule has 4 rings (SSSR count). The first-order valence-electron chi connectivity index (χ1n) is 10.1. The van der Waals surface area contributed by atoms with Gasteiger partial charge in [0.15, 0.2) is 12.2 Å². The Kier molecular flexibility index (Phi) is 6.62. The average Bonchev–Trinajstić information content (AvgIpc) is 2.81. The van der Waals surface area contributed by atoms with Crippen molar-refractivity contribution < 1.29 is 28.6 Å². The summed E-state index contributed by atoms with van der Waals surface area (Å²) in [5, 5.41) is -0.317. The lowest BCUT2D eigenvalue weighted by molar-refractivity contribution is -0.164. The first-order valence-corrected chi connectivity index (χ1v) is 11.2. The van der Waals surface area contributed by atoms with Gasteiger partial charge in [0.05, 0.1) is 0 Å². The van der Waals surface area contributed by atoms with Crippen molar-refractivity contribution in [3.63, 3.8) is 0 Å². The van der Waals surface area contributed by atoms with Crippen LogP contribution in [-0.2, 0) is 28.6 Å². The predicted octanol–water partition coefficient (Wildman–Crippen LogP) is 3.07. The summed E-state index contributed by atoms with van der Waals surface area (Å²) in [5.74, 6) is -0.993. The van der Waals surface area contributed by atoms with Gasteiger partial charge in [0.2, 0.25) is 0 Å². The zero-order valence-electron chi connectivity index (χ0n) is 17.7. The number of methoxy groups -OCH3 is 1. The second-order valence-electron chi connectivity index (χ2n) is 7.41. The number of hydrogen-bond acceptors (Lipinski definition) is 7. The van der Waals surface area contributed by atoms with E-state index in [4.69, 9.17) is 14.2 Å². The van der Waals surface area contributed by atoms with Crippen LogP contribution in [-0.4, -0.2) is 53.7 Å². The Hall–Kier alpha value is -3.10. The summed E-state index contributed by atoms with van der Waals surface area (Å²) in [7, 11) is 1.47. The van der Waals surface area contributed by atoms with Crippen molar-refractivity contribution in [3.05, 3.63) is 83.1 Å². The largest absolute Gasteiger partial charge is 0.461 e. The van der Waals surface area contributed by atoms with Crippen molar-refractivity contribution in [3.8, 4) is 0 Å². The number of ether oxygens (including phenoxy) is 3. The topological polar surface area (TPSA) is 82.1 Å². The van der Waals surface area contributed by atoms with E-state index in [1.807, 2.05) is 60.7 Å². The van der Waals surface area contributed by atoms with Gasteiger partial charge in [-0.05, 0) is 11.1 Å². The Balaban J connectivity index is 1.68. The molecule has 2 heterocycles. The SMILES string of the molecule is CO[C@H]1C(=O)N2C(C(=O)OC(c3ccccc3)c3ccccc3)=C(COC(C)=O)CSC12. The lowest BCUT2D eigenvalue weighted by atomic mass is 10.0. The standard InChI is InChI=1S/C24H23NO6S/c1-15(26)30-13-18-14-32-23-21(29-2)22(27)25(23)19(18)24(28)31-20(16-9-5-3-6-10-16)17-11-7-4-8-12-17/h3-12,20-21,23H,13-14H2,1-2H3/t21-,23?/m0/s1. The quantitative estimate of drug-likeness (QED) is 0.471. The van der Waals surface area contributed by atoms with Crippen LogP contribution in [0.1, 0.15) is 24.2 Å². The molecule has 0 bridgehead atoms. The monoisotopic (exact) mass is 453 g/mol. The highest BCUT2D eigenvalue weighted by Crippen LogP contribution is 2.42. The van der Waals surface area contributed by atoms with E-state index in [0.29, 0.717) is 11.3 Å². The van der Waals surface area contributed by atoms with Gasteiger partial charge < -0.3 is 14.2 Å². The third kappa shape index (κ3) is 4.28. The first-order chi connectivity index (χ1) is 15.5. The number of carbonyl (C=O) groups excluding carboxylic acids is 3. The zero-order chi connectivity index (χ0) is 22.7. The maximum absolute atomic E-state index is 13.5. The summed E-state index contributed by atoms with van der Waals surface area (Å²) in [6.45, 7) is 1.22. The Bertz CT molecular complexity index is 999. The summed E-state index contributed by atoms with van der Waals surface area (Å²) < 4.78 is 16.4. The van der Waals surface area contributed by atoms with Gasteiger partial charge in [-0.15, -0.1) is 11.8 Å². The van der Waals surface area contributed by atoms with Crippen LogP contribution in [0.2, 0.25) is 0 Å². The third-order valence-corrected chi connectivity index (χ3v) is 6.64. The van der Waals surface area contributed by atoms with Crippen LogP contribution < -0.4 is 0 Å². The number of esters is 2. The van der Waals surface area contributed by atoms with E-state index in [2.05, 4.69) is 0 Å². The number of hydrogen-bond donors (Lipinski definition) is 0. The van der Waals surface area contributed by atoms with Gasteiger partial charge in [-0.2, -0.15) is 0 Å². The highest BCUT2D eigenvalue weighted by Gasteiger charge is 2.54. The van der Waals surface area contributed by atoms with Gasteiger partial charge in [0, 0.05) is 25.4 Å². The molecule has 8 heteroatoms. The smallest absolute Gasteiger partial charge is 0.356 e. The second-order valence-corrected chi connectivity index (χ2v) is 8.51. The predicted molar refractivity (Wildman–Crippen MR) is 118 cm³/mol. The van der Waals surface area contributed by atoms with Crippen molar-refractivity contribution in [1.29, 1.82) is 0 Å². The van der Waals surface area contributed by atoms with E-state index in [9.17, 15) is 14.4 Å². The van der Waals surface area contributed by atoms with Crippen molar-refractivity contribution >= 4 is 29.6 Å². The fourth-order valence-corrected chi connectivity index (χ4v) is 5.12. The molecule has 1 fully saturated rings. The lowest BCUT2D eigenvalue weighted by Crippen LogP contribution is -2.65. The van der Waals surface area contributed by atoms with Crippen molar-refractivity contribution in [2.24, 2.45) is 0 Å². The molecule has 0 spiro atoms. The van der Waals surface area contributed by atoms with E-state index < -0.39 is 24.1 Å². The third-order valence-electron chi connectivity index (χ3n) is 5.32. The van der Waals surface area contributed by atoms with Gasteiger partial charge in [0.25, 0.3) is 5.91 Å². The molecule has 0 aromatic heterocycles. The van der Waals surface area contributed by atoms with Crippen molar-refractivity contribution in [1.82, 2.24) is 4.90 Å². The highest BCUT2D eigenvalue weighted by atomic mass is 32.2. The van der Waals surface area contributed by atoms with E-state index >= 15 is 0 Å². The Morgan fingerprint density at radius 3 is 2.19 bits per heavy atom. The van der Waals surface area contributed by atoms with Gasteiger partial charge in [-0.1, -0.05) is 60.7 Å². The minimum absolute atomic E-state index is 0.0811. The van der Waals surface area contributed by atoms with E-state index in [0.717, 1.165) is 11.1 Å². The maximum atomic E-state index is 13.5. The molecule has 1 saturated heterocycles. The van der Waals surface area contributed by atoms with Crippen LogP contribution in [0.4, 0.5) is 0 Å². The summed E-state index contributed by atoms with van der Waals surface area (Å²) in [5.41, 5.74) is 2.28. The van der Waals surface area contributed by atoms with Gasteiger partial charge >= 0.3 is 11.9 Å². The molecule has 0 saturated carbocycles. The van der Waals surface area contributed by atoms with E-state index in [1.165, 1.54) is 30.7 Å². The molecule has 0 aliphatic carbocycles. The molecule has 32 heavy (non-hydrogen) atoms. The molecule has 2 atom stereocenters. The maximum Gasteiger partial charge on any atom is 0.356 e. The average molecular weight is 454 g/mol. The molecular weight excluding hydrogens is 430 g/mol. The fraction of sp³-hybridized carbons (Fsp3) is 0.292. The summed E-state index contributed by atoms with van der Waals surface area (Å²) in [6.07, 6.45) is -1.27. The fourth-order valence-electron chi connectivity index (χ4n) is 3.77. The summed E-state index contributed by atoms with van der Waals surface area (Å²) in [4.78, 5) is 38.9. The number of thioether (sulfide) groups is 1. The normalized spacial score (nSPS) is 20.0. The first kappa shape index (κ1) is 22.1. The number of rotatable bonds is 7. The molecule has 2 aromatic carbocycles. The number of β-lactam (4-membered cyclic amide) rings is 1. The minimum Gasteiger partial charge on any atom is -0.461 e. The summed E-state index contributed by atoms with van der Waals surface area (Å²) in [6, 6.07) is 18.8. The molecule has 7 nitrogen and oxygen atoms in total. The van der Waals surface area contributed by atoms with Crippen LogP contribution in [0.15, 0.2) is 71.9 Å². The molecular formula is C24H23NO6S. The van der Waals surface area contributed by atoms with Crippen LogP contribution in [0.3, 0.4) is 0 Å². The number of carbonyl (C=O) groups is 3. The van der Waals surface area contributed by atoms with Crippen molar-refractivity contribution in [2.45, 2.75) is 24.5 Å². The van der Waals surface area contributed by atoms with Gasteiger partial charge in [-0.25, -0.2) is 4.79 Å². The minimum atomic E-state index is -0.657. The molecule has 0 radical (unpaired) electrons. The molecule has 2 aliphatic heterocycles. The molecule has 2 aliphatic rings. The zero-order valence-corrected chi connectivity index (χ0v) is 18.5. The molecule has 0 N–H and O–H groups in total. The Labute approximate surface area is 190 Å². The molecule has 1 unspecified atom stereocenters. The molecule has 1 amide bonds. The number of fused-ring (bicyclic) bond motifs is 1.